The molecule has 3 aliphatic heterocycles. The van der Waals surface area contributed by atoms with E-state index >= 15 is 0 Å². The predicted octanol–water partition coefficient (Wildman–Crippen LogP) is 3.13. The minimum absolute atomic E-state index is 0.0934. The fourth-order valence-corrected chi connectivity index (χ4v) is 5.11. The average Bonchev–Trinajstić information content (AvgIpc) is 3.05. The number of allylic oxidation sites excluding steroid dienone is 2. The van der Waals surface area contributed by atoms with E-state index in [2.05, 4.69) is 10.6 Å². The second-order valence-electron chi connectivity index (χ2n) is 7.69. The van der Waals surface area contributed by atoms with Crippen LogP contribution in [0.25, 0.3) is 0 Å². The first-order valence-corrected chi connectivity index (χ1v) is 10.7. The van der Waals surface area contributed by atoms with E-state index in [4.69, 9.17) is 25.8 Å². The molecule has 1 saturated heterocycles. The van der Waals surface area contributed by atoms with E-state index in [-0.39, 0.29) is 12.0 Å². The van der Waals surface area contributed by atoms with Crippen LogP contribution in [0, 0.1) is 5.41 Å². The Morgan fingerprint density at radius 3 is 2.89 bits per heavy atom. The highest BCUT2D eigenvalue weighted by Gasteiger charge is 2.41. The van der Waals surface area contributed by atoms with E-state index in [0.29, 0.717) is 36.1 Å². The lowest BCUT2D eigenvalue weighted by molar-refractivity contribution is -0.119. The number of amides is 1. The fourth-order valence-electron chi connectivity index (χ4n) is 3.61. The predicted molar refractivity (Wildman–Crippen MR) is 109 cm³/mol. The van der Waals surface area contributed by atoms with Crippen LogP contribution in [0.5, 0.6) is 0 Å². The first kappa shape index (κ1) is 19.9. The second-order valence-corrected chi connectivity index (χ2v) is 9.20. The van der Waals surface area contributed by atoms with Crippen molar-refractivity contribution in [2.75, 3.05) is 33.5 Å². The Labute approximate surface area is 174 Å². The van der Waals surface area contributed by atoms with Gasteiger partial charge in [-0.2, -0.15) is 0 Å². The van der Waals surface area contributed by atoms with E-state index in [1.165, 1.54) is 10.6 Å². The fraction of sp³-hybridized carbons (Fsp3) is 0.550. The van der Waals surface area contributed by atoms with Crippen molar-refractivity contribution in [2.45, 2.75) is 32.8 Å². The third-order valence-electron chi connectivity index (χ3n) is 5.48. The third kappa shape index (κ3) is 3.49. The molecule has 0 saturated carbocycles. The van der Waals surface area contributed by atoms with Gasteiger partial charge in [-0.25, -0.2) is 0 Å². The highest BCUT2D eigenvalue weighted by atomic mass is 35.5. The molecule has 152 valence electrons. The lowest BCUT2D eigenvalue weighted by atomic mass is 9.77. The van der Waals surface area contributed by atoms with Crippen LogP contribution in [-0.2, 0) is 19.0 Å². The molecule has 2 N–H and O–H groups in total. The standard InChI is InChI=1S/C20H25ClN2O4S/c1-20(2)15(21)8-12(18(24)22-9-11-4-7-27-11)17(25-3)16(20)19-23-13-5-6-26-10-14(13)28-19/h8,11,23H,4-7,9-10H2,1-3H3,(H,22,24)/b19-16+. The van der Waals surface area contributed by atoms with Crippen LogP contribution in [0.3, 0.4) is 0 Å². The van der Waals surface area contributed by atoms with Crippen LogP contribution in [0.4, 0.5) is 0 Å². The van der Waals surface area contributed by atoms with Gasteiger partial charge in [0.05, 0.1) is 37.0 Å². The van der Waals surface area contributed by atoms with Gasteiger partial charge >= 0.3 is 0 Å². The summed E-state index contributed by atoms with van der Waals surface area (Å²) in [4.78, 5) is 14.1. The van der Waals surface area contributed by atoms with Crippen molar-refractivity contribution in [2.24, 2.45) is 5.41 Å². The van der Waals surface area contributed by atoms with E-state index < -0.39 is 5.41 Å². The second kappa shape index (κ2) is 7.78. The zero-order valence-corrected chi connectivity index (χ0v) is 17.9. The molecule has 4 rings (SSSR count). The van der Waals surface area contributed by atoms with Crippen molar-refractivity contribution in [3.05, 3.63) is 43.6 Å². The molecule has 28 heavy (non-hydrogen) atoms. The summed E-state index contributed by atoms with van der Waals surface area (Å²) in [7, 11) is 1.59. The lowest BCUT2D eigenvalue weighted by Gasteiger charge is -2.35. The van der Waals surface area contributed by atoms with Crippen LogP contribution >= 0.6 is 23.4 Å². The summed E-state index contributed by atoms with van der Waals surface area (Å²) >= 11 is 8.29. The van der Waals surface area contributed by atoms with Crippen LogP contribution in [0.15, 0.2) is 43.6 Å². The van der Waals surface area contributed by atoms with Gasteiger partial charge in [0.25, 0.3) is 5.91 Å². The molecule has 0 spiro atoms. The molecule has 1 amide bonds. The highest BCUT2D eigenvalue weighted by molar-refractivity contribution is 8.07. The summed E-state index contributed by atoms with van der Waals surface area (Å²) in [5, 5.41) is 8.02. The topological polar surface area (TPSA) is 68.8 Å². The Morgan fingerprint density at radius 1 is 1.46 bits per heavy atom. The molecular weight excluding hydrogens is 400 g/mol. The summed E-state index contributed by atoms with van der Waals surface area (Å²) in [6.45, 7) is 6.64. The molecule has 0 aromatic carbocycles. The highest BCUT2D eigenvalue weighted by Crippen LogP contribution is 2.51. The van der Waals surface area contributed by atoms with Gasteiger partial charge in [-0.1, -0.05) is 37.2 Å². The molecule has 6 nitrogen and oxygen atoms in total. The largest absolute Gasteiger partial charge is 0.495 e. The Kier molecular flexibility index (Phi) is 5.53. The van der Waals surface area contributed by atoms with Crippen molar-refractivity contribution >= 4 is 29.3 Å². The molecule has 1 unspecified atom stereocenters. The number of carbonyl (C=O) groups excluding carboxylic acids is 1. The minimum atomic E-state index is -0.488. The Morgan fingerprint density at radius 2 is 2.25 bits per heavy atom. The summed E-state index contributed by atoms with van der Waals surface area (Å²) in [5.41, 5.74) is 2.03. The Balaban J connectivity index is 1.69. The van der Waals surface area contributed by atoms with Gasteiger partial charge in [0.1, 0.15) is 5.76 Å². The maximum absolute atomic E-state index is 12.9. The van der Waals surface area contributed by atoms with Crippen LogP contribution in [-0.4, -0.2) is 45.5 Å². The molecule has 0 bridgehead atoms. The van der Waals surface area contributed by atoms with Crippen LogP contribution in [0.2, 0.25) is 0 Å². The molecule has 3 heterocycles. The molecule has 0 radical (unpaired) electrons. The van der Waals surface area contributed by atoms with E-state index in [0.717, 1.165) is 30.1 Å². The number of carbonyl (C=O) groups is 1. The van der Waals surface area contributed by atoms with Gasteiger partial charge < -0.3 is 24.8 Å². The van der Waals surface area contributed by atoms with Gasteiger partial charge in [0.2, 0.25) is 0 Å². The smallest absolute Gasteiger partial charge is 0.255 e. The maximum Gasteiger partial charge on any atom is 0.255 e. The quantitative estimate of drug-likeness (QED) is 0.722. The number of ether oxygens (including phenoxy) is 3. The molecule has 4 aliphatic rings. The number of methoxy groups -OCH3 is 1. The first-order valence-electron chi connectivity index (χ1n) is 9.47. The molecular formula is C20H25ClN2O4S. The maximum atomic E-state index is 12.9. The number of rotatable bonds is 4. The number of nitrogens with one attached hydrogen (secondary N) is 2. The molecule has 0 aromatic heterocycles. The molecule has 1 aliphatic carbocycles. The van der Waals surface area contributed by atoms with Gasteiger partial charge in [0.15, 0.2) is 0 Å². The summed E-state index contributed by atoms with van der Waals surface area (Å²) in [6, 6.07) is 0. The van der Waals surface area contributed by atoms with E-state index in [1.54, 1.807) is 24.9 Å². The summed E-state index contributed by atoms with van der Waals surface area (Å²) in [6.07, 6.45) is 3.63. The zero-order valence-electron chi connectivity index (χ0n) is 16.3. The minimum Gasteiger partial charge on any atom is -0.495 e. The SMILES string of the molecule is COC1=C(C(=O)NCC2CCO2)C=C(Cl)C(C)(C)/C1=C1\NC2=C(COCC2)S1. The number of halogens is 1. The third-order valence-corrected chi connectivity index (χ3v) is 7.18. The van der Waals surface area contributed by atoms with Crippen molar-refractivity contribution < 1.29 is 19.0 Å². The first-order chi connectivity index (χ1) is 13.4. The monoisotopic (exact) mass is 424 g/mol. The summed E-state index contributed by atoms with van der Waals surface area (Å²) < 4.78 is 16.7. The van der Waals surface area contributed by atoms with Gasteiger partial charge in [0, 0.05) is 46.2 Å². The van der Waals surface area contributed by atoms with E-state index in [9.17, 15) is 4.79 Å². The Bertz CT molecular complexity index is 804. The van der Waals surface area contributed by atoms with Crippen LogP contribution < -0.4 is 10.6 Å². The van der Waals surface area contributed by atoms with E-state index in [1.807, 2.05) is 13.8 Å². The Hall–Kier alpha value is -1.41. The van der Waals surface area contributed by atoms with Crippen molar-refractivity contribution in [3.8, 4) is 0 Å². The number of thioether (sulfide) groups is 1. The number of hydrogen-bond acceptors (Lipinski definition) is 6. The molecule has 1 fully saturated rings. The normalized spacial score (nSPS) is 29.0. The average molecular weight is 425 g/mol. The molecule has 1 atom stereocenters. The lowest BCUT2D eigenvalue weighted by Crippen LogP contribution is -2.41. The molecule has 0 aromatic rings. The van der Waals surface area contributed by atoms with Gasteiger partial charge in [-0.15, -0.1) is 0 Å². The van der Waals surface area contributed by atoms with Crippen LogP contribution in [0.1, 0.15) is 26.7 Å². The summed E-state index contributed by atoms with van der Waals surface area (Å²) in [5.74, 6) is 0.348. The van der Waals surface area contributed by atoms with Crippen molar-refractivity contribution in [1.29, 1.82) is 0 Å². The molecule has 8 heteroatoms. The van der Waals surface area contributed by atoms with Gasteiger partial charge in [-0.3, -0.25) is 4.79 Å². The number of hydrogen-bond donors (Lipinski definition) is 2. The zero-order chi connectivity index (χ0) is 19.9. The van der Waals surface area contributed by atoms with Crippen molar-refractivity contribution in [1.82, 2.24) is 10.6 Å². The van der Waals surface area contributed by atoms with Gasteiger partial charge in [-0.05, 0) is 12.5 Å². The van der Waals surface area contributed by atoms with Crippen molar-refractivity contribution in [3.63, 3.8) is 0 Å².